The van der Waals surface area contributed by atoms with Crippen LogP contribution in [0.5, 0.6) is 5.75 Å². The summed E-state index contributed by atoms with van der Waals surface area (Å²) in [5, 5.41) is 6.96. The zero-order valence-electron chi connectivity index (χ0n) is 23.1. The quantitative estimate of drug-likeness (QED) is 0.294. The van der Waals surface area contributed by atoms with Crippen molar-refractivity contribution in [3.63, 3.8) is 0 Å². The number of hydrogen-bond donors (Lipinski definition) is 2. The van der Waals surface area contributed by atoms with E-state index < -0.39 is 0 Å². The summed E-state index contributed by atoms with van der Waals surface area (Å²) in [6.45, 7) is 6.19. The Labute approximate surface area is 239 Å². The van der Waals surface area contributed by atoms with Crippen LogP contribution in [0.4, 0.5) is 11.4 Å². The fourth-order valence-electron chi connectivity index (χ4n) is 5.33. The van der Waals surface area contributed by atoms with E-state index in [-0.39, 0.29) is 24.6 Å². The van der Waals surface area contributed by atoms with Gasteiger partial charge in [0.25, 0.3) is 0 Å². The van der Waals surface area contributed by atoms with Crippen LogP contribution < -0.4 is 20.3 Å². The maximum Gasteiger partial charge on any atom is 0.250 e. The largest absolute Gasteiger partial charge is 0.495 e. The lowest BCUT2D eigenvalue weighted by Crippen LogP contribution is -2.29. The molecule has 3 aromatic heterocycles. The first-order valence-electron chi connectivity index (χ1n) is 12.9. The summed E-state index contributed by atoms with van der Waals surface area (Å²) in [4.78, 5) is 23.8. The molecule has 206 valence electrons. The molecule has 1 fully saturated rings. The lowest BCUT2D eigenvalue weighted by atomic mass is 9.96. The fraction of sp³-hybridized carbons (Fsp3) is 0.267. The first kappa shape index (κ1) is 27.3. The highest BCUT2D eigenvalue weighted by Crippen LogP contribution is 2.45. The Bertz CT molecular complexity index is 1550. The van der Waals surface area contributed by atoms with Gasteiger partial charge in [0.05, 0.1) is 30.6 Å². The van der Waals surface area contributed by atoms with Crippen molar-refractivity contribution in [3.05, 3.63) is 95.2 Å². The number of carbonyl (C=O) groups is 1. The second-order valence-corrected chi connectivity index (χ2v) is 10.1. The van der Waals surface area contributed by atoms with Crippen molar-refractivity contribution in [2.75, 3.05) is 31.0 Å². The molecule has 10 heteroatoms. The van der Waals surface area contributed by atoms with Gasteiger partial charge < -0.3 is 29.6 Å². The minimum Gasteiger partial charge on any atom is -0.495 e. The number of pyridine rings is 2. The van der Waals surface area contributed by atoms with Gasteiger partial charge in [-0.25, -0.2) is 4.98 Å². The number of benzene rings is 1. The number of thiocarbonyl (C=S) groups is 1. The number of nitrogens with one attached hydrogen (secondary N) is 2. The summed E-state index contributed by atoms with van der Waals surface area (Å²) >= 11 is 5.94. The second-order valence-electron chi connectivity index (χ2n) is 9.67. The molecule has 1 aliphatic rings. The number of amides is 1. The van der Waals surface area contributed by atoms with Crippen LogP contribution in [0.15, 0.2) is 67.0 Å². The van der Waals surface area contributed by atoms with Gasteiger partial charge in [0.2, 0.25) is 5.91 Å². The SMILES string of the molecule is COCC(=O)Nc1cc(N2C(=S)N[C@H](c3ccccn3)[C@H]2c2cc(C)n(-c3ncccc3C)c2C)ccc1OC. The van der Waals surface area contributed by atoms with Gasteiger partial charge in [-0.2, -0.15) is 0 Å². The summed E-state index contributed by atoms with van der Waals surface area (Å²) in [7, 11) is 3.05. The van der Waals surface area contributed by atoms with Crippen LogP contribution in [0.1, 0.15) is 40.3 Å². The maximum absolute atomic E-state index is 12.4. The molecule has 0 saturated carbocycles. The minimum atomic E-state index is -0.280. The highest BCUT2D eigenvalue weighted by molar-refractivity contribution is 7.80. The molecule has 2 N–H and O–H groups in total. The molecule has 1 aliphatic heterocycles. The molecule has 40 heavy (non-hydrogen) atoms. The standard InChI is InChI=1S/C30H32N6O3S/c1-18-9-8-14-32-29(18)35-19(2)15-22(20(35)3)28-27(23-10-6-7-13-31-23)34-30(40)36(28)21-11-12-25(39-5)24(16-21)33-26(37)17-38-4/h6-16,27-28H,17H2,1-5H3,(H,33,37)(H,34,40)/t27-,28-/m1/s1. The number of anilines is 2. The molecule has 9 nitrogen and oxygen atoms in total. The third-order valence-electron chi connectivity index (χ3n) is 7.09. The van der Waals surface area contributed by atoms with Crippen molar-refractivity contribution in [2.45, 2.75) is 32.9 Å². The van der Waals surface area contributed by atoms with E-state index in [1.165, 1.54) is 7.11 Å². The minimum absolute atomic E-state index is 0.0691. The van der Waals surface area contributed by atoms with Crippen LogP contribution in [0.25, 0.3) is 5.82 Å². The first-order valence-corrected chi connectivity index (χ1v) is 13.3. The van der Waals surface area contributed by atoms with Crippen LogP contribution in [0.3, 0.4) is 0 Å². The average molecular weight is 557 g/mol. The first-order chi connectivity index (χ1) is 19.3. The Morgan fingerprint density at radius 2 is 1.85 bits per heavy atom. The third-order valence-corrected chi connectivity index (χ3v) is 7.41. The summed E-state index contributed by atoms with van der Waals surface area (Å²) in [5.41, 5.74) is 6.50. The van der Waals surface area contributed by atoms with Gasteiger partial charge in [0, 0.05) is 36.6 Å². The van der Waals surface area contributed by atoms with Crippen LogP contribution in [-0.2, 0) is 9.53 Å². The normalized spacial score (nSPS) is 16.6. The van der Waals surface area contributed by atoms with Gasteiger partial charge in [0.1, 0.15) is 18.2 Å². The van der Waals surface area contributed by atoms with Gasteiger partial charge in [-0.15, -0.1) is 0 Å². The van der Waals surface area contributed by atoms with Crippen molar-refractivity contribution in [3.8, 4) is 11.6 Å². The molecule has 0 spiro atoms. The Balaban J connectivity index is 1.66. The Morgan fingerprint density at radius 1 is 1.05 bits per heavy atom. The number of methoxy groups -OCH3 is 2. The van der Waals surface area contributed by atoms with E-state index in [1.54, 1.807) is 13.3 Å². The molecule has 0 bridgehead atoms. The fourth-order valence-corrected chi connectivity index (χ4v) is 5.68. The van der Waals surface area contributed by atoms with Crippen LogP contribution >= 0.6 is 12.2 Å². The predicted octanol–water partition coefficient (Wildman–Crippen LogP) is 4.96. The van der Waals surface area contributed by atoms with Crippen molar-refractivity contribution in [1.82, 2.24) is 19.9 Å². The van der Waals surface area contributed by atoms with Gasteiger partial charge in [-0.1, -0.05) is 12.1 Å². The molecule has 1 saturated heterocycles. The smallest absolute Gasteiger partial charge is 0.250 e. The van der Waals surface area contributed by atoms with Crippen LogP contribution in [0, 0.1) is 20.8 Å². The lowest BCUT2D eigenvalue weighted by Gasteiger charge is -2.29. The highest BCUT2D eigenvalue weighted by Gasteiger charge is 2.42. The average Bonchev–Trinajstić information content (AvgIpc) is 3.44. The molecule has 5 rings (SSSR count). The number of aromatic nitrogens is 3. The molecule has 0 unspecified atom stereocenters. The molecule has 0 aliphatic carbocycles. The summed E-state index contributed by atoms with van der Waals surface area (Å²) in [6.07, 6.45) is 3.60. The molecule has 4 aromatic rings. The van der Waals surface area contributed by atoms with E-state index in [1.807, 2.05) is 48.7 Å². The number of carbonyl (C=O) groups excluding carboxylic acids is 1. The van der Waals surface area contributed by atoms with Gasteiger partial charge >= 0.3 is 0 Å². The van der Waals surface area contributed by atoms with E-state index in [4.69, 9.17) is 21.7 Å². The Hall–Kier alpha value is -4.28. The second kappa shape index (κ2) is 11.4. The Morgan fingerprint density at radius 3 is 2.55 bits per heavy atom. The van der Waals surface area contributed by atoms with Crippen molar-refractivity contribution in [1.29, 1.82) is 0 Å². The van der Waals surface area contributed by atoms with Gasteiger partial charge in [0.15, 0.2) is 5.11 Å². The monoisotopic (exact) mass is 556 g/mol. The molecule has 2 atom stereocenters. The summed E-state index contributed by atoms with van der Waals surface area (Å²) in [6, 6.07) is 17.3. The van der Waals surface area contributed by atoms with E-state index in [9.17, 15) is 4.79 Å². The van der Waals surface area contributed by atoms with Crippen molar-refractivity contribution < 1.29 is 14.3 Å². The number of ether oxygens (including phenoxy) is 2. The maximum atomic E-state index is 12.4. The molecule has 0 radical (unpaired) electrons. The van der Waals surface area contributed by atoms with Crippen LogP contribution in [0.2, 0.25) is 0 Å². The van der Waals surface area contributed by atoms with Crippen molar-refractivity contribution in [2.24, 2.45) is 0 Å². The number of aryl methyl sites for hydroxylation is 2. The molecule has 1 aromatic carbocycles. The zero-order chi connectivity index (χ0) is 28.4. The zero-order valence-corrected chi connectivity index (χ0v) is 24.0. The molecule has 4 heterocycles. The van der Waals surface area contributed by atoms with Crippen LogP contribution in [-0.4, -0.2) is 46.4 Å². The highest BCUT2D eigenvalue weighted by atomic mass is 32.1. The Kier molecular flexibility index (Phi) is 7.81. The number of rotatable bonds is 8. The number of hydrogen-bond acceptors (Lipinski definition) is 6. The van der Waals surface area contributed by atoms with E-state index in [2.05, 4.69) is 63.0 Å². The predicted molar refractivity (Wildman–Crippen MR) is 159 cm³/mol. The molecular weight excluding hydrogens is 524 g/mol. The lowest BCUT2D eigenvalue weighted by molar-refractivity contribution is -0.119. The number of nitrogens with zero attached hydrogens (tertiary/aromatic N) is 4. The van der Waals surface area contributed by atoms with Gasteiger partial charge in [-0.05, 0) is 86.6 Å². The summed E-state index contributed by atoms with van der Waals surface area (Å²) < 4.78 is 12.7. The van der Waals surface area contributed by atoms with E-state index >= 15 is 0 Å². The van der Waals surface area contributed by atoms with Crippen molar-refractivity contribution >= 4 is 34.6 Å². The third kappa shape index (κ3) is 5.03. The molecule has 1 amide bonds. The van der Waals surface area contributed by atoms with E-state index in [0.717, 1.165) is 39.7 Å². The van der Waals surface area contributed by atoms with Gasteiger partial charge in [-0.3, -0.25) is 9.78 Å². The summed E-state index contributed by atoms with van der Waals surface area (Å²) in [5.74, 6) is 1.15. The topological polar surface area (TPSA) is 93.5 Å². The van der Waals surface area contributed by atoms with E-state index in [0.29, 0.717) is 16.5 Å². The molecular formula is C30H32N6O3S.